The van der Waals surface area contributed by atoms with Crippen LogP contribution in [0, 0.1) is 0 Å². The Kier molecular flexibility index (Phi) is 11.0. The van der Waals surface area contributed by atoms with Crippen molar-refractivity contribution in [3.8, 4) is 0 Å². The van der Waals surface area contributed by atoms with Gasteiger partial charge in [-0.25, -0.2) is 9.59 Å². The minimum Gasteiger partial charge on any atom is -0.459 e. The maximum absolute atomic E-state index is 12.0. The molecule has 8 nitrogen and oxygen atoms in total. The van der Waals surface area contributed by atoms with E-state index in [2.05, 4.69) is 0 Å². The molecular formula is C20H32O8. The fourth-order valence-electron chi connectivity index (χ4n) is 2.89. The fourth-order valence-corrected chi connectivity index (χ4v) is 2.89. The molecule has 1 aliphatic heterocycles. The van der Waals surface area contributed by atoms with Crippen LogP contribution in [0.4, 0.5) is 0 Å². The van der Waals surface area contributed by atoms with Gasteiger partial charge in [-0.05, 0) is 51.7 Å². The number of cyclic esters (lactones) is 2. The number of carbonyl (C=O) groups is 2. The molecule has 4 N–H and O–H groups in total. The van der Waals surface area contributed by atoms with Crippen molar-refractivity contribution in [2.24, 2.45) is 0 Å². The molecule has 0 fully saturated rings. The van der Waals surface area contributed by atoms with Gasteiger partial charge in [0.15, 0.2) is 0 Å². The Morgan fingerprint density at radius 2 is 1.50 bits per heavy atom. The monoisotopic (exact) mass is 400 g/mol. The third kappa shape index (κ3) is 11.2. The first-order chi connectivity index (χ1) is 13.2. The average Bonchev–Trinajstić information content (AvgIpc) is 2.59. The third-order valence-electron chi connectivity index (χ3n) is 4.30. The van der Waals surface area contributed by atoms with E-state index in [1.165, 1.54) is 12.2 Å². The molecule has 6 atom stereocenters. The summed E-state index contributed by atoms with van der Waals surface area (Å²) in [5.74, 6) is -1.29. The number of aliphatic hydroxyl groups is 4. The molecule has 0 spiro atoms. The van der Waals surface area contributed by atoms with E-state index in [1.807, 2.05) is 0 Å². The van der Waals surface area contributed by atoms with Gasteiger partial charge in [0.25, 0.3) is 0 Å². The molecule has 0 aromatic carbocycles. The lowest BCUT2D eigenvalue weighted by Crippen LogP contribution is -2.24. The van der Waals surface area contributed by atoms with Crippen molar-refractivity contribution in [1.82, 2.24) is 0 Å². The number of carbonyl (C=O) groups excluding carboxylic acids is 2. The molecule has 0 saturated heterocycles. The van der Waals surface area contributed by atoms with Gasteiger partial charge < -0.3 is 29.9 Å². The number of aliphatic hydroxyl groups excluding tert-OH is 4. The molecule has 0 bridgehead atoms. The number of esters is 2. The van der Waals surface area contributed by atoms with Gasteiger partial charge in [0.2, 0.25) is 0 Å². The second-order valence-corrected chi connectivity index (χ2v) is 7.29. The number of hydrogen-bond acceptors (Lipinski definition) is 8. The first kappa shape index (κ1) is 24.3. The van der Waals surface area contributed by atoms with Crippen LogP contribution in [0.5, 0.6) is 0 Å². The summed E-state index contributed by atoms with van der Waals surface area (Å²) in [7, 11) is 0. The van der Waals surface area contributed by atoms with E-state index in [9.17, 15) is 30.0 Å². The Balaban J connectivity index is 2.84. The summed E-state index contributed by atoms with van der Waals surface area (Å²) in [4.78, 5) is 23.7. The lowest BCUT2D eigenvalue weighted by atomic mass is 10.0. The lowest BCUT2D eigenvalue weighted by Gasteiger charge is -2.20. The molecule has 0 unspecified atom stereocenters. The van der Waals surface area contributed by atoms with Crippen molar-refractivity contribution in [2.45, 2.75) is 89.0 Å². The predicted molar refractivity (Wildman–Crippen MR) is 101 cm³/mol. The topological polar surface area (TPSA) is 134 Å². The van der Waals surface area contributed by atoms with E-state index >= 15 is 0 Å². The van der Waals surface area contributed by atoms with E-state index in [-0.39, 0.29) is 38.5 Å². The maximum Gasteiger partial charge on any atom is 0.330 e. The molecule has 1 heterocycles. The summed E-state index contributed by atoms with van der Waals surface area (Å²) >= 11 is 0. The van der Waals surface area contributed by atoms with E-state index < -0.39 is 48.6 Å². The van der Waals surface area contributed by atoms with Crippen LogP contribution in [0.2, 0.25) is 0 Å². The molecule has 0 saturated carbocycles. The Labute approximate surface area is 165 Å². The molecule has 8 heteroatoms. The van der Waals surface area contributed by atoms with Crippen LogP contribution in [-0.4, -0.2) is 69.0 Å². The van der Waals surface area contributed by atoms with Crippen molar-refractivity contribution in [2.75, 3.05) is 0 Å². The first-order valence-electron chi connectivity index (χ1n) is 9.65. The third-order valence-corrected chi connectivity index (χ3v) is 4.30. The van der Waals surface area contributed by atoms with Crippen molar-refractivity contribution >= 4 is 11.9 Å². The summed E-state index contributed by atoms with van der Waals surface area (Å²) in [6.07, 6.45) is 1.75. The van der Waals surface area contributed by atoms with Gasteiger partial charge in [-0.15, -0.1) is 0 Å². The zero-order chi connectivity index (χ0) is 21.1. The Morgan fingerprint density at radius 3 is 2.07 bits per heavy atom. The number of rotatable bonds is 2. The van der Waals surface area contributed by atoms with Gasteiger partial charge >= 0.3 is 11.9 Å². The minimum absolute atomic E-state index is 0.199. The van der Waals surface area contributed by atoms with E-state index in [4.69, 9.17) is 9.47 Å². The second kappa shape index (κ2) is 12.7. The number of hydrogen-bond donors (Lipinski definition) is 4. The van der Waals surface area contributed by atoms with E-state index in [0.717, 1.165) is 12.2 Å². The molecule has 28 heavy (non-hydrogen) atoms. The van der Waals surface area contributed by atoms with Crippen molar-refractivity contribution < 1.29 is 39.5 Å². The second-order valence-electron chi connectivity index (χ2n) is 7.29. The molecule has 0 aromatic heterocycles. The van der Waals surface area contributed by atoms with Gasteiger partial charge in [-0.3, -0.25) is 0 Å². The maximum atomic E-state index is 12.0. The molecule has 0 aromatic rings. The molecule has 0 radical (unpaired) electrons. The summed E-state index contributed by atoms with van der Waals surface area (Å²) in [5.41, 5.74) is 0. The van der Waals surface area contributed by atoms with Crippen LogP contribution in [0.3, 0.4) is 0 Å². The summed E-state index contributed by atoms with van der Waals surface area (Å²) in [5, 5.41) is 39.5. The largest absolute Gasteiger partial charge is 0.459 e. The molecular weight excluding hydrogens is 368 g/mol. The fraction of sp³-hybridized carbons (Fsp3) is 0.700. The summed E-state index contributed by atoms with van der Waals surface area (Å²) < 4.78 is 10.4. The highest BCUT2D eigenvalue weighted by Crippen LogP contribution is 2.15. The summed E-state index contributed by atoms with van der Waals surface area (Å²) in [6, 6.07) is 0. The zero-order valence-electron chi connectivity index (χ0n) is 16.4. The summed E-state index contributed by atoms with van der Waals surface area (Å²) in [6.45, 7) is 3.22. The predicted octanol–water partition coefficient (Wildman–Crippen LogP) is 0.760. The van der Waals surface area contributed by atoms with Crippen LogP contribution in [0.15, 0.2) is 24.3 Å². The van der Waals surface area contributed by atoms with E-state index in [1.54, 1.807) is 13.8 Å². The van der Waals surface area contributed by atoms with Crippen LogP contribution in [0.1, 0.15) is 52.4 Å². The lowest BCUT2D eigenvalue weighted by molar-refractivity contribution is -0.145. The quantitative estimate of drug-likeness (QED) is 0.499. The first-order valence-corrected chi connectivity index (χ1v) is 9.65. The SMILES string of the molecule is C[C@H](O)C[C@@H]1CC[C@@H](O)/C=C/C(=O)O[C@@H](C)C[C@@H](O)CC[C@@H](O)/C=C/C(=O)O1. The van der Waals surface area contributed by atoms with Gasteiger partial charge in [0, 0.05) is 25.0 Å². The van der Waals surface area contributed by atoms with Crippen LogP contribution in [-0.2, 0) is 19.1 Å². The van der Waals surface area contributed by atoms with Gasteiger partial charge in [-0.1, -0.05) is 0 Å². The number of ether oxygens (including phenoxy) is 2. The minimum atomic E-state index is -0.945. The Hall–Kier alpha value is -1.74. The van der Waals surface area contributed by atoms with Crippen molar-refractivity contribution in [1.29, 1.82) is 0 Å². The highest BCUT2D eigenvalue weighted by molar-refractivity contribution is 5.82. The van der Waals surface area contributed by atoms with Gasteiger partial charge in [-0.2, -0.15) is 0 Å². The van der Waals surface area contributed by atoms with Gasteiger partial charge in [0.1, 0.15) is 12.2 Å². The molecule has 0 amide bonds. The molecule has 0 aliphatic carbocycles. The molecule has 1 rings (SSSR count). The Bertz CT molecular complexity index is 542. The van der Waals surface area contributed by atoms with Crippen molar-refractivity contribution in [3.05, 3.63) is 24.3 Å². The standard InChI is InChI=1S/C20H32O8/c1-13(21)11-18-8-5-16(23)6-9-19(25)27-14(2)12-17(24)4-3-15(22)7-10-20(26)28-18/h6-7,9-10,13-18,21-24H,3-5,8,11-12H2,1-2H3/b9-6+,10-7+/t13-,14-,15+,16+,17-,18-/m0/s1. The highest BCUT2D eigenvalue weighted by Gasteiger charge is 2.19. The van der Waals surface area contributed by atoms with Crippen LogP contribution < -0.4 is 0 Å². The van der Waals surface area contributed by atoms with Crippen LogP contribution >= 0.6 is 0 Å². The van der Waals surface area contributed by atoms with Gasteiger partial charge in [0.05, 0.1) is 24.4 Å². The average molecular weight is 400 g/mol. The normalized spacial score (nSPS) is 35.0. The van der Waals surface area contributed by atoms with Crippen LogP contribution in [0.25, 0.3) is 0 Å². The highest BCUT2D eigenvalue weighted by atomic mass is 16.5. The smallest absolute Gasteiger partial charge is 0.330 e. The zero-order valence-corrected chi connectivity index (χ0v) is 16.4. The Morgan fingerprint density at radius 1 is 0.964 bits per heavy atom. The van der Waals surface area contributed by atoms with Crippen molar-refractivity contribution in [3.63, 3.8) is 0 Å². The molecule has 1 aliphatic rings. The van der Waals surface area contributed by atoms with E-state index in [0.29, 0.717) is 0 Å². The molecule has 160 valence electrons.